The monoisotopic (exact) mass is 440 g/mol. The Hall–Kier alpha value is -3.06. The van der Waals surface area contributed by atoms with Crippen LogP contribution in [0.1, 0.15) is 29.2 Å². The summed E-state index contributed by atoms with van der Waals surface area (Å²) < 4.78 is 7.17. The molecule has 4 heterocycles. The number of halogens is 1. The van der Waals surface area contributed by atoms with Crippen LogP contribution in [0.5, 0.6) is 5.75 Å². The molecule has 3 aromatic rings. The molecule has 31 heavy (non-hydrogen) atoms. The van der Waals surface area contributed by atoms with E-state index in [-0.39, 0.29) is 46.1 Å². The number of hydrogen-bond donors (Lipinski definition) is 1. The van der Waals surface area contributed by atoms with Gasteiger partial charge in [-0.05, 0) is 37.0 Å². The molecule has 2 aromatic heterocycles. The summed E-state index contributed by atoms with van der Waals surface area (Å²) in [5, 5.41) is 10.5. The second kappa shape index (κ2) is 7.27. The van der Waals surface area contributed by atoms with Crippen LogP contribution in [-0.2, 0) is 17.8 Å². The fraction of sp³-hybridized carbons (Fsp3) is 0.348. The van der Waals surface area contributed by atoms with Crippen molar-refractivity contribution >= 4 is 28.5 Å². The number of hydrogen-bond acceptors (Lipinski definition) is 5. The number of phenolic OH excluding ortho intramolecular Hbond substituents is 1. The van der Waals surface area contributed by atoms with Gasteiger partial charge in [0.2, 0.25) is 5.91 Å². The van der Waals surface area contributed by atoms with Crippen molar-refractivity contribution in [3.8, 4) is 5.75 Å². The summed E-state index contributed by atoms with van der Waals surface area (Å²) in [5.74, 6) is 0.0216. The molecule has 5 rings (SSSR count). The highest BCUT2D eigenvalue weighted by Gasteiger charge is 2.36. The predicted molar refractivity (Wildman–Crippen MR) is 116 cm³/mol. The van der Waals surface area contributed by atoms with E-state index in [9.17, 15) is 19.5 Å². The lowest BCUT2D eigenvalue weighted by Crippen LogP contribution is -2.49. The van der Waals surface area contributed by atoms with Crippen LogP contribution < -0.4 is 11.2 Å². The molecule has 0 radical (unpaired) electrons. The first kappa shape index (κ1) is 19.9. The molecule has 0 saturated carbocycles. The van der Waals surface area contributed by atoms with Crippen LogP contribution in [0, 0.1) is 12.8 Å². The molecular formula is C23H21ClN2O5. The molecule has 1 amide bonds. The van der Waals surface area contributed by atoms with E-state index in [1.807, 2.05) is 10.6 Å². The molecule has 1 N–H and O–H groups in total. The number of aryl methyl sites for hydroxylation is 1. The third-order valence-corrected chi connectivity index (χ3v) is 6.82. The van der Waals surface area contributed by atoms with Crippen LogP contribution in [0.3, 0.4) is 0 Å². The van der Waals surface area contributed by atoms with Crippen molar-refractivity contribution in [2.45, 2.75) is 32.2 Å². The Bertz CT molecular complexity index is 1340. The van der Waals surface area contributed by atoms with Crippen molar-refractivity contribution in [1.82, 2.24) is 9.47 Å². The van der Waals surface area contributed by atoms with Gasteiger partial charge in [0.25, 0.3) is 5.56 Å². The van der Waals surface area contributed by atoms with Gasteiger partial charge in [0.1, 0.15) is 11.3 Å². The van der Waals surface area contributed by atoms with Crippen LogP contribution >= 0.6 is 11.6 Å². The number of carbonyl (C=O) groups excluding carboxylic acids is 1. The summed E-state index contributed by atoms with van der Waals surface area (Å²) in [6.07, 6.45) is 0.885. The molecule has 0 spiro atoms. The van der Waals surface area contributed by atoms with E-state index in [2.05, 4.69) is 0 Å². The van der Waals surface area contributed by atoms with Gasteiger partial charge in [0.15, 0.2) is 0 Å². The van der Waals surface area contributed by atoms with Crippen molar-refractivity contribution in [3.05, 3.63) is 72.9 Å². The Morgan fingerprint density at radius 1 is 1.23 bits per heavy atom. The van der Waals surface area contributed by atoms with E-state index in [4.69, 9.17) is 16.0 Å². The first-order chi connectivity index (χ1) is 14.8. The normalized spacial score (nSPS) is 20.0. The molecule has 7 nitrogen and oxygen atoms in total. The van der Waals surface area contributed by atoms with Crippen molar-refractivity contribution < 1.29 is 14.3 Å². The number of pyridine rings is 1. The van der Waals surface area contributed by atoms with Gasteiger partial charge in [-0.1, -0.05) is 17.7 Å². The van der Waals surface area contributed by atoms with Crippen LogP contribution in [0.15, 0.2) is 44.3 Å². The molecule has 2 bridgehead atoms. The minimum atomic E-state index is -0.589. The molecule has 1 fully saturated rings. The van der Waals surface area contributed by atoms with Crippen LogP contribution in [0.4, 0.5) is 0 Å². The van der Waals surface area contributed by atoms with Crippen LogP contribution in [0.2, 0.25) is 5.02 Å². The van der Waals surface area contributed by atoms with E-state index < -0.39 is 5.63 Å². The minimum Gasteiger partial charge on any atom is -0.506 e. The Kier molecular flexibility index (Phi) is 4.66. The smallest absolute Gasteiger partial charge is 0.340 e. The van der Waals surface area contributed by atoms with Gasteiger partial charge in [0.05, 0.1) is 17.0 Å². The second-order valence-corrected chi connectivity index (χ2v) is 8.87. The van der Waals surface area contributed by atoms with Gasteiger partial charge in [0, 0.05) is 48.8 Å². The zero-order chi connectivity index (χ0) is 21.9. The van der Waals surface area contributed by atoms with Gasteiger partial charge in [-0.15, -0.1) is 0 Å². The zero-order valence-electron chi connectivity index (χ0n) is 16.9. The summed E-state index contributed by atoms with van der Waals surface area (Å²) >= 11 is 6.02. The lowest BCUT2D eigenvalue weighted by molar-refractivity contribution is -0.133. The van der Waals surface area contributed by atoms with Gasteiger partial charge >= 0.3 is 5.63 Å². The van der Waals surface area contributed by atoms with E-state index >= 15 is 0 Å². The summed E-state index contributed by atoms with van der Waals surface area (Å²) in [6.45, 7) is 3.45. The molecule has 1 saturated heterocycles. The largest absolute Gasteiger partial charge is 0.506 e. The van der Waals surface area contributed by atoms with Crippen LogP contribution in [0.25, 0.3) is 11.0 Å². The van der Waals surface area contributed by atoms with Crippen molar-refractivity contribution in [2.75, 3.05) is 13.1 Å². The van der Waals surface area contributed by atoms with Crippen LogP contribution in [-0.4, -0.2) is 33.6 Å². The predicted octanol–water partition coefficient (Wildman–Crippen LogP) is 2.81. The lowest BCUT2D eigenvalue weighted by atomic mass is 9.83. The molecule has 1 aromatic carbocycles. The number of phenols is 1. The van der Waals surface area contributed by atoms with Crippen molar-refractivity contribution in [2.24, 2.45) is 5.92 Å². The molecule has 160 valence electrons. The number of likely N-dealkylation sites (tertiary alicyclic amines) is 1. The first-order valence-electron chi connectivity index (χ1n) is 10.2. The van der Waals surface area contributed by atoms with E-state index in [0.29, 0.717) is 36.1 Å². The number of carbonyl (C=O) groups is 1. The number of benzene rings is 1. The lowest BCUT2D eigenvalue weighted by Gasteiger charge is -2.42. The maximum Gasteiger partial charge on any atom is 0.340 e. The minimum absolute atomic E-state index is 0.000991. The summed E-state index contributed by atoms with van der Waals surface area (Å²) in [6, 6.07) is 8.14. The number of amides is 1. The maximum atomic E-state index is 13.1. The maximum absolute atomic E-state index is 13.1. The van der Waals surface area contributed by atoms with E-state index in [1.54, 1.807) is 30.0 Å². The first-order valence-corrected chi connectivity index (χ1v) is 10.6. The topological polar surface area (TPSA) is 92.8 Å². The molecule has 2 aliphatic heterocycles. The third kappa shape index (κ3) is 3.33. The number of fused-ring (bicyclic) bond motifs is 5. The SMILES string of the molecule is Cc1c(CC(=O)N2CC3CC(C2)c2cccc(=O)n2C3)c(=O)oc2cc(O)c(Cl)cc12. The van der Waals surface area contributed by atoms with E-state index in [0.717, 1.165) is 12.1 Å². The van der Waals surface area contributed by atoms with E-state index in [1.165, 1.54) is 6.07 Å². The summed E-state index contributed by atoms with van der Waals surface area (Å²) in [4.78, 5) is 39.7. The number of piperidine rings is 1. The highest BCUT2D eigenvalue weighted by molar-refractivity contribution is 6.32. The average Bonchev–Trinajstić information content (AvgIpc) is 2.73. The van der Waals surface area contributed by atoms with Gasteiger partial charge in [-0.25, -0.2) is 4.79 Å². The Balaban J connectivity index is 1.44. The molecule has 2 aliphatic rings. The number of rotatable bonds is 2. The van der Waals surface area contributed by atoms with Gasteiger partial charge in [-0.3, -0.25) is 9.59 Å². The Morgan fingerprint density at radius 2 is 2.03 bits per heavy atom. The van der Waals surface area contributed by atoms with Gasteiger partial charge in [-0.2, -0.15) is 0 Å². The zero-order valence-corrected chi connectivity index (χ0v) is 17.7. The molecular weight excluding hydrogens is 420 g/mol. The van der Waals surface area contributed by atoms with Crippen molar-refractivity contribution in [3.63, 3.8) is 0 Å². The molecule has 8 heteroatoms. The third-order valence-electron chi connectivity index (χ3n) is 6.52. The fourth-order valence-electron chi connectivity index (χ4n) is 4.97. The molecule has 0 aliphatic carbocycles. The van der Waals surface area contributed by atoms with Crippen molar-refractivity contribution in [1.29, 1.82) is 0 Å². The quantitative estimate of drug-likeness (QED) is 0.618. The fourth-order valence-corrected chi connectivity index (χ4v) is 5.13. The molecule has 2 unspecified atom stereocenters. The highest BCUT2D eigenvalue weighted by Crippen LogP contribution is 2.35. The van der Waals surface area contributed by atoms with Gasteiger partial charge < -0.3 is 19.0 Å². The summed E-state index contributed by atoms with van der Waals surface area (Å²) in [7, 11) is 0. The highest BCUT2D eigenvalue weighted by atomic mass is 35.5. The second-order valence-electron chi connectivity index (χ2n) is 8.47. The number of aromatic nitrogens is 1. The Morgan fingerprint density at radius 3 is 2.84 bits per heavy atom. The number of aromatic hydroxyl groups is 1. The number of nitrogens with zero attached hydrogens (tertiary/aromatic N) is 2. The average molecular weight is 441 g/mol. The standard InChI is InChI=1S/C23H21ClN2O5/c1-12-15-6-17(24)19(27)8-20(15)31-23(30)16(12)7-22(29)25-9-13-5-14(11-25)18-3-2-4-21(28)26(18)10-13/h2-4,6,8,13-14,27H,5,7,9-11H2,1H3. The Labute approximate surface area is 182 Å². The summed E-state index contributed by atoms with van der Waals surface area (Å²) in [5.41, 5.74) is 1.53. The molecule has 2 atom stereocenters.